The molecule has 16 heavy (non-hydrogen) atoms. The standard InChI is InChI=1S/C11H22N5/c1-13-3-7-15(8-4-13)11(12)16-9-5-14(2)6-10-16/h3-10H2,1-2H3/q-1. The predicted octanol–water partition coefficient (Wildman–Crippen LogP) is -0.593. The zero-order chi connectivity index (χ0) is 11.5. The normalized spacial score (nSPS) is 24.9. The van der Waals surface area contributed by atoms with E-state index in [0.717, 1.165) is 52.4 Å². The highest BCUT2D eigenvalue weighted by molar-refractivity contribution is 5.83. The summed E-state index contributed by atoms with van der Waals surface area (Å²) in [7, 11) is 4.26. The zero-order valence-electron chi connectivity index (χ0n) is 10.4. The van der Waals surface area contributed by atoms with Crippen molar-refractivity contribution in [2.24, 2.45) is 0 Å². The molecule has 0 atom stereocenters. The van der Waals surface area contributed by atoms with Crippen LogP contribution in [0.15, 0.2) is 0 Å². The van der Waals surface area contributed by atoms with Crippen LogP contribution in [-0.2, 0) is 0 Å². The van der Waals surface area contributed by atoms with Crippen LogP contribution in [0.25, 0.3) is 5.41 Å². The SMILES string of the molecule is CN1CCN(C(=[N-])N2CCN(C)CC2)CC1. The van der Waals surface area contributed by atoms with E-state index in [0.29, 0.717) is 5.96 Å². The first-order valence-electron chi connectivity index (χ1n) is 6.10. The lowest BCUT2D eigenvalue weighted by molar-refractivity contribution is 0.170. The smallest absolute Gasteiger partial charge is 0.0108 e. The summed E-state index contributed by atoms with van der Waals surface area (Å²) in [4.78, 5) is 8.80. The number of piperazine rings is 2. The summed E-state index contributed by atoms with van der Waals surface area (Å²) < 4.78 is 0. The van der Waals surface area contributed by atoms with Crippen molar-refractivity contribution in [3.63, 3.8) is 0 Å². The Morgan fingerprint density at radius 3 is 1.31 bits per heavy atom. The number of rotatable bonds is 0. The molecular weight excluding hydrogens is 202 g/mol. The average Bonchev–Trinajstić information content (AvgIpc) is 2.30. The highest BCUT2D eigenvalue weighted by atomic mass is 15.4. The molecule has 2 fully saturated rings. The number of guanidine groups is 1. The Bertz CT molecular complexity index is 215. The minimum atomic E-state index is 0.487. The van der Waals surface area contributed by atoms with Gasteiger partial charge >= 0.3 is 0 Å². The molecule has 0 aromatic heterocycles. The van der Waals surface area contributed by atoms with Gasteiger partial charge in [0, 0.05) is 32.1 Å². The molecule has 5 nitrogen and oxygen atoms in total. The summed E-state index contributed by atoms with van der Waals surface area (Å²) in [5.41, 5.74) is 0. The molecule has 0 aromatic rings. The van der Waals surface area contributed by atoms with E-state index in [-0.39, 0.29) is 0 Å². The maximum absolute atomic E-state index is 10.2. The molecule has 2 heterocycles. The molecule has 92 valence electrons. The van der Waals surface area contributed by atoms with E-state index in [1.807, 2.05) is 0 Å². The van der Waals surface area contributed by atoms with Gasteiger partial charge in [-0.15, -0.1) is 0 Å². The van der Waals surface area contributed by atoms with Crippen molar-refractivity contribution >= 4 is 5.96 Å². The maximum Gasteiger partial charge on any atom is 0.0108 e. The van der Waals surface area contributed by atoms with Crippen LogP contribution in [0, 0.1) is 0 Å². The first-order valence-corrected chi connectivity index (χ1v) is 6.10. The van der Waals surface area contributed by atoms with Crippen molar-refractivity contribution in [2.75, 3.05) is 66.5 Å². The minimum absolute atomic E-state index is 0.487. The zero-order valence-corrected chi connectivity index (χ0v) is 10.4. The van der Waals surface area contributed by atoms with Crippen LogP contribution < -0.4 is 0 Å². The lowest BCUT2D eigenvalue weighted by Gasteiger charge is -2.47. The molecule has 0 bridgehead atoms. The fraction of sp³-hybridized carbons (Fsp3) is 0.909. The van der Waals surface area contributed by atoms with Gasteiger partial charge in [0.25, 0.3) is 0 Å². The van der Waals surface area contributed by atoms with Gasteiger partial charge in [-0.05, 0) is 40.3 Å². The maximum atomic E-state index is 10.2. The Hall–Kier alpha value is -0.810. The van der Waals surface area contributed by atoms with E-state index < -0.39 is 0 Å². The Morgan fingerprint density at radius 2 is 1.00 bits per heavy atom. The van der Waals surface area contributed by atoms with Crippen molar-refractivity contribution in [1.29, 1.82) is 0 Å². The first-order chi connectivity index (χ1) is 7.66. The summed E-state index contributed by atoms with van der Waals surface area (Å²) in [5.74, 6) is 0.487. The van der Waals surface area contributed by atoms with Crippen LogP contribution in [0.5, 0.6) is 0 Å². The largest absolute Gasteiger partial charge is 0.424 e. The monoisotopic (exact) mass is 224 g/mol. The Kier molecular flexibility index (Phi) is 3.66. The molecule has 2 saturated heterocycles. The second-order valence-electron chi connectivity index (χ2n) is 4.88. The van der Waals surface area contributed by atoms with Gasteiger partial charge in [-0.3, -0.25) is 0 Å². The third-order valence-electron chi connectivity index (χ3n) is 3.57. The predicted molar refractivity (Wildman–Crippen MR) is 66.5 cm³/mol. The van der Waals surface area contributed by atoms with Crippen molar-refractivity contribution < 1.29 is 0 Å². The van der Waals surface area contributed by atoms with E-state index in [9.17, 15) is 5.41 Å². The van der Waals surface area contributed by atoms with E-state index in [4.69, 9.17) is 0 Å². The molecular formula is C11H22N5-. The number of nitrogens with zero attached hydrogens (tertiary/aromatic N) is 5. The van der Waals surface area contributed by atoms with Crippen LogP contribution in [-0.4, -0.2) is 92.0 Å². The van der Waals surface area contributed by atoms with E-state index in [2.05, 4.69) is 33.7 Å². The lowest BCUT2D eigenvalue weighted by atomic mass is 10.3. The number of hydrogen-bond acceptors (Lipinski definition) is 2. The number of likely N-dealkylation sites (N-methyl/N-ethyl adjacent to an activating group) is 2. The molecule has 0 radical (unpaired) electrons. The number of hydrogen-bond donors (Lipinski definition) is 0. The van der Waals surface area contributed by atoms with E-state index >= 15 is 0 Å². The van der Waals surface area contributed by atoms with Crippen LogP contribution >= 0.6 is 0 Å². The minimum Gasteiger partial charge on any atom is -0.424 e. The van der Waals surface area contributed by atoms with Gasteiger partial charge in [0.1, 0.15) is 0 Å². The van der Waals surface area contributed by atoms with Gasteiger partial charge in [0.15, 0.2) is 0 Å². The molecule has 2 aliphatic heterocycles. The molecule has 2 aliphatic rings. The summed E-state index contributed by atoms with van der Waals surface area (Å²) in [5, 5.41) is 10.2. The van der Waals surface area contributed by atoms with Gasteiger partial charge < -0.3 is 25.0 Å². The summed E-state index contributed by atoms with van der Waals surface area (Å²) in [6.07, 6.45) is 0. The van der Waals surface area contributed by atoms with Gasteiger partial charge in [-0.25, -0.2) is 0 Å². The van der Waals surface area contributed by atoms with Gasteiger partial charge in [0.05, 0.1) is 0 Å². The molecule has 0 unspecified atom stereocenters. The fourth-order valence-corrected chi connectivity index (χ4v) is 2.21. The Morgan fingerprint density at radius 1 is 0.688 bits per heavy atom. The van der Waals surface area contributed by atoms with Gasteiger partial charge in [-0.1, -0.05) is 0 Å². The van der Waals surface area contributed by atoms with Crippen LogP contribution in [0.4, 0.5) is 0 Å². The third-order valence-corrected chi connectivity index (χ3v) is 3.57. The molecule has 0 spiro atoms. The molecule has 0 aliphatic carbocycles. The Balaban J connectivity index is 1.83. The topological polar surface area (TPSA) is 35.3 Å². The molecule has 0 saturated carbocycles. The van der Waals surface area contributed by atoms with Crippen molar-refractivity contribution in [2.45, 2.75) is 0 Å². The van der Waals surface area contributed by atoms with E-state index in [1.54, 1.807) is 0 Å². The van der Waals surface area contributed by atoms with Gasteiger partial charge in [0.2, 0.25) is 0 Å². The summed E-state index contributed by atoms with van der Waals surface area (Å²) >= 11 is 0. The molecule has 0 N–H and O–H groups in total. The molecule has 5 heteroatoms. The molecule has 0 amide bonds. The van der Waals surface area contributed by atoms with Gasteiger partial charge in [-0.2, -0.15) is 0 Å². The van der Waals surface area contributed by atoms with Crippen molar-refractivity contribution in [3.05, 3.63) is 5.41 Å². The van der Waals surface area contributed by atoms with Crippen molar-refractivity contribution in [1.82, 2.24) is 19.6 Å². The summed E-state index contributed by atoms with van der Waals surface area (Å²) in [6.45, 7) is 7.91. The second kappa shape index (κ2) is 5.01. The van der Waals surface area contributed by atoms with E-state index in [1.165, 1.54) is 0 Å². The third kappa shape index (κ3) is 2.65. The fourth-order valence-electron chi connectivity index (χ4n) is 2.21. The summed E-state index contributed by atoms with van der Waals surface area (Å²) in [6, 6.07) is 0. The first kappa shape index (κ1) is 11.7. The average molecular weight is 224 g/mol. The van der Waals surface area contributed by atoms with Crippen LogP contribution in [0.1, 0.15) is 0 Å². The van der Waals surface area contributed by atoms with Crippen LogP contribution in [0.3, 0.4) is 0 Å². The Labute approximate surface area is 98.1 Å². The molecule has 0 aromatic carbocycles. The second-order valence-corrected chi connectivity index (χ2v) is 4.88. The molecule has 2 rings (SSSR count). The highest BCUT2D eigenvalue weighted by Crippen LogP contribution is 2.06. The van der Waals surface area contributed by atoms with Crippen LogP contribution in [0.2, 0.25) is 0 Å². The lowest BCUT2D eigenvalue weighted by Crippen LogP contribution is -2.56. The quantitative estimate of drug-likeness (QED) is 0.407. The van der Waals surface area contributed by atoms with Crippen molar-refractivity contribution in [3.8, 4) is 0 Å². The highest BCUT2D eigenvalue weighted by Gasteiger charge is 2.16.